The molecule has 6 nitrogen and oxygen atoms in total. The molecular formula is C22H32N4O2. The third-order valence-electron chi connectivity index (χ3n) is 7.03. The number of aryl methyl sites for hydroxylation is 1. The Labute approximate surface area is 167 Å². The van der Waals surface area contributed by atoms with Gasteiger partial charge in [-0.3, -0.25) is 14.6 Å². The molecule has 3 saturated heterocycles. The van der Waals surface area contributed by atoms with Crippen LogP contribution in [-0.2, 0) is 16.0 Å². The number of piperidine rings is 2. The van der Waals surface area contributed by atoms with E-state index in [1.54, 1.807) is 6.20 Å². The van der Waals surface area contributed by atoms with Gasteiger partial charge in [-0.05, 0) is 62.7 Å². The van der Waals surface area contributed by atoms with Gasteiger partial charge in [0.2, 0.25) is 11.8 Å². The number of carbonyl (C=O) groups is 2. The number of aromatic nitrogens is 1. The van der Waals surface area contributed by atoms with E-state index in [4.69, 9.17) is 0 Å². The van der Waals surface area contributed by atoms with Crippen LogP contribution in [0.25, 0.3) is 0 Å². The highest BCUT2D eigenvalue weighted by molar-refractivity contribution is 5.78. The Balaban J connectivity index is 1.30. The van der Waals surface area contributed by atoms with E-state index in [9.17, 15) is 9.59 Å². The third-order valence-corrected chi connectivity index (χ3v) is 7.03. The number of nitrogens with zero attached hydrogens (tertiary/aromatic N) is 4. The van der Waals surface area contributed by atoms with Crippen LogP contribution < -0.4 is 0 Å². The number of rotatable bonds is 4. The minimum atomic E-state index is 0.217. The van der Waals surface area contributed by atoms with E-state index in [0.717, 1.165) is 70.4 Å². The molecule has 1 spiro atoms. The zero-order valence-electron chi connectivity index (χ0n) is 17.0. The first-order valence-electron chi connectivity index (χ1n) is 10.7. The molecule has 4 rings (SSSR count). The SMILES string of the molecule is CN1CC[C@@H](N2CC3(CCC2=O)CCN(C(=O)CCc2cccnc2)CC3)C1. The number of likely N-dealkylation sites (N-methyl/N-ethyl adjacent to an activating group) is 1. The van der Waals surface area contributed by atoms with Crippen LogP contribution in [0.1, 0.15) is 44.1 Å². The molecule has 0 unspecified atom stereocenters. The lowest BCUT2D eigenvalue weighted by molar-refractivity contribution is -0.144. The molecule has 1 atom stereocenters. The van der Waals surface area contributed by atoms with Gasteiger partial charge in [0.15, 0.2) is 0 Å². The van der Waals surface area contributed by atoms with E-state index in [1.165, 1.54) is 0 Å². The summed E-state index contributed by atoms with van der Waals surface area (Å²) in [4.78, 5) is 35.8. The van der Waals surface area contributed by atoms with Gasteiger partial charge in [-0.15, -0.1) is 0 Å². The van der Waals surface area contributed by atoms with Gasteiger partial charge >= 0.3 is 0 Å². The van der Waals surface area contributed by atoms with Gasteiger partial charge in [-0.2, -0.15) is 0 Å². The first-order chi connectivity index (χ1) is 13.5. The van der Waals surface area contributed by atoms with Crippen LogP contribution in [0.2, 0.25) is 0 Å². The summed E-state index contributed by atoms with van der Waals surface area (Å²) in [6.07, 6.45) is 9.72. The second-order valence-corrected chi connectivity index (χ2v) is 8.97. The molecular weight excluding hydrogens is 352 g/mol. The first kappa shape index (κ1) is 19.4. The summed E-state index contributed by atoms with van der Waals surface area (Å²) in [6.45, 7) is 4.64. The molecule has 0 bridgehead atoms. The molecule has 0 aliphatic carbocycles. The van der Waals surface area contributed by atoms with Crippen LogP contribution in [0.3, 0.4) is 0 Å². The molecule has 0 saturated carbocycles. The molecule has 6 heteroatoms. The lowest BCUT2D eigenvalue weighted by atomic mass is 9.72. The monoisotopic (exact) mass is 384 g/mol. The largest absolute Gasteiger partial charge is 0.343 e. The van der Waals surface area contributed by atoms with Crippen molar-refractivity contribution in [2.45, 2.75) is 51.0 Å². The minimum Gasteiger partial charge on any atom is -0.343 e. The summed E-state index contributed by atoms with van der Waals surface area (Å²) in [6, 6.07) is 4.33. The maximum atomic E-state index is 12.6. The molecule has 2 amide bonds. The van der Waals surface area contributed by atoms with Crippen LogP contribution in [-0.4, -0.2) is 77.3 Å². The molecule has 3 aliphatic heterocycles. The van der Waals surface area contributed by atoms with Crippen LogP contribution in [0, 0.1) is 5.41 Å². The third kappa shape index (κ3) is 4.22. The number of amides is 2. The second kappa shape index (κ2) is 8.19. The Bertz CT molecular complexity index is 700. The number of carbonyl (C=O) groups excluding carboxylic acids is 2. The minimum absolute atomic E-state index is 0.217. The highest BCUT2D eigenvalue weighted by atomic mass is 16.2. The smallest absolute Gasteiger partial charge is 0.222 e. The molecule has 0 N–H and O–H groups in total. The number of hydrogen-bond acceptors (Lipinski definition) is 4. The lowest BCUT2D eigenvalue weighted by Crippen LogP contribution is -2.55. The molecule has 0 aromatic carbocycles. The molecule has 3 fully saturated rings. The van der Waals surface area contributed by atoms with Gasteiger partial charge < -0.3 is 14.7 Å². The zero-order valence-corrected chi connectivity index (χ0v) is 17.0. The maximum absolute atomic E-state index is 12.6. The molecule has 152 valence electrons. The standard InChI is InChI=1S/C22H32N4O2/c1-24-12-7-19(16-24)26-17-22(8-6-21(26)28)9-13-25(14-10-22)20(27)5-4-18-3-2-11-23-15-18/h2-3,11,15,19H,4-10,12-14,16-17H2,1H3/t19-/m1/s1. The van der Waals surface area contributed by atoms with E-state index in [1.807, 2.05) is 23.2 Å². The fraction of sp³-hybridized carbons (Fsp3) is 0.682. The highest BCUT2D eigenvalue weighted by Gasteiger charge is 2.44. The highest BCUT2D eigenvalue weighted by Crippen LogP contribution is 2.41. The topological polar surface area (TPSA) is 56.8 Å². The van der Waals surface area contributed by atoms with Crippen LogP contribution in [0.5, 0.6) is 0 Å². The predicted octanol–water partition coefficient (Wildman–Crippen LogP) is 1.95. The normalized spacial score (nSPS) is 25.5. The van der Waals surface area contributed by atoms with E-state index < -0.39 is 0 Å². The Hall–Kier alpha value is -1.95. The first-order valence-corrected chi connectivity index (χ1v) is 10.7. The Morgan fingerprint density at radius 3 is 2.75 bits per heavy atom. The van der Waals surface area contributed by atoms with E-state index >= 15 is 0 Å². The fourth-order valence-corrected chi connectivity index (χ4v) is 5.14. The second-order valence-electron chi connectivity index (χ2n) is 8.97. The summed E-state index contributed by atoms with van der Waals surface area (Å²) in [5.41, 5.74) is 1.34. The van der Waals surface area contributed by atoms with E-state index in [0.29, 0.717) is 24.8 Å². The maximum Gasteiger partial charge on any atom is 0.222 e. The average Bonchev–Trinajstić information content (AvgIpc) is 3.16. The van der Waals surface area contributed by atoms with Crippen molar-refractivity contribution in [3.05, 3.63) is 30.1 Å². The Morgan fingerprint density at radius 2 is 2.07 bits per heavy atom. The van der Waals surface area contributed by atoms with E-state index in [2.05, 4.69) is 21.8 Å². The van der Waals surface area contributed by atoms with Crippen molar-refractivity contribution in [2.24, 2.45) is 5.41 Å². The number of hydrogen-bond donors (Lipinski definition) is 0. The van der Waals surface area contributed by atoms with Crippen molar-refractivity contribution in [2.75, 3.05) is 39.8 Å². The van der Waals surface area contributed by atoms with Crippen LogP contribution in [0.4, 0.5) is 0 Å². The van der Waals surface area contributed by atoms with Gasteiger partial charge in [-0.25, -0.2) is 0 Å². The number of pyridine rings is 1. The van der Waals surface area contributed by atoms with Crippen molar-refractivity contribution in [3.8, 4) is 0 Å². The summed E-state index contributed by atoms with van der Waals surface area (Å²) in [5, 5.41) is 0. The Kier molecular flexibility index (Phi) is 5.67. The molecule has 3 aliphatic rings. The quantitative estimate of drug-likeness (QED) is 0.796. The molecule has 28 heavy (non-hydrogen) atoms. The lowest BCUT2D eigenvalue weighted by Gasteiger charge is -2.49. The van der Waals surface area contributed by atoms with Crippen molar-refractivity contribution >= 4 is 11.8 Å². The van der Waals surface area contributed by atoms with E-state index in [-0.39, 0.29) is 11.3 Å². The van der Waals surface area contributed by atoms with Crippen molar-refractivity contribution in [1.29, 1.82) is 0 Å². The molecule has 0 radical (unpaired) electrons. The van der Waals surface area contributed by atoms with Gasteiger partial charge in [-0.1, -0.05) is 6.07 Å². The molecule has 1 aromatic rings. The van der Waals surface area contributed by atoms with Crippen LogP contribution in [0.15, 0.2) is 24.5 Å². The zero-order chi connectivity index (χ0) is 19.6. The molecule has 4 heterocycles. The fourth-order valence-electron chi connectivity index (χ4n) is 5.14. The van der Waals surface area contributed by atoms with Crippen molar-refractivity contribution < 1.29 is 9.59 Å². The molecule has 1 aromatic heterocycles. The number of likely N-dealkylation sites (tertiary alicyclic amines) is 3. The summed E-state index contributed by atoms with van der Waals surface area (Å²) in [7, 11) is 2.14. The van der Waals surface area contributed by atoms with Gasteiger partial charge in [0.05, 0.1) is 0 Å². The predicted molar refractivity (Wildman–Crippen MR) is 108 cm³/mol. The summed E-state index contributed by atoms with van der Waals surface area (Å²) < 4.78 is 0. The van der Waals surface area contributed by atoms with Gasteiger partial charge in [0.25, 0.3) is 0 Å². The van der Waals surface area contributed by atoms with Gasteiger partial charge in [0.1, 0.15) is 0 Å². The van der Waals surface area contributed by atoms with Crippen molar-refractivity contribution in [1.82, 2.24) is 19.7 Å². The summed E-state index contributed by atoms with van der Waals surface area (Å²) in [5.74, 6) is 0.584. The van der Waals surface area contributed by atoms with Crippen molar-refractivity contribution in [3.63, 3.8) is 0 Å². The average molecular weight is 385 g/mol. The van der Waals surface area contributed by atoms with Gasteiger partial charge in [0, 0.05) is 57.5 Å². The Morgan fingerprint density at radius 1 is 1.25 bits per heavy atom. The van der Waals surface area contributed by atoms with Crippen LogP contribution >= 0.6 is 0 Å². The summed E-state index contributed by atoms with van der Waals surface area (Å²) >= 11 is 0.